The van der Waals surface area contributed by atoms with Gasteiger partial charge in [0.05, 0.1) is 4.90 Å². The van der Waals surface area contributed by atoms with E-state index in [1.807, 2.05) is 24.3 Å². The first-order valence-corrected chi connectivity index (χ1v) is 8.30. The van der Waals surface area contributed by atoms with Gasteiger partial charge in [0.1, 0.15) is 0 Å². The Kier molecular flexibility index (Phi) is 5.05. The van der Waals surface area contributed by atoms with E-state index in [1.54, 1.807) is 12.1 Å². The lowest BCUT2D eigenvalue weighted by Crippen LogP contribution is -2.23. The quantitative estimate of drug-likeness (QED) is 0.852. The Balaban J connectivity index is 2.10. The van der Waals surface area contributed by atoms with Gasteiger partial charge in [0, 0.05) is 17.4 Å². The van der Waals surface area contributed by atoms with Crippen molar-refractivity contribution >= 4 is 33.2 Å². The SMILES string of the molecule is O=S(=O)(NCc1cccc(CCl)c1)c1ccc(Cl)cc1. The minimum atomic E-state index is -3.54. The van der Waals surface area contributed by atoms with Gasteiger partial charge in [0.25, 0.3) is 0 Å². The first-order valence-electron chi connectivity index (χ1n) is 5.90. The van der Waals surface area contributed by atoms with Crippen molar-refractivity contribution in [2.45, 2.75) is 17.3 Å². The van der Waals surface area contributed by atoms with Crippen molar-refractivity contribution in [3.63, 3.8) is 0 Å². The van der Waals surface area contributed by atoms with E-state index >= 15 is 0 Å². The van der Waals surface area contributed by atoms with Crippen LogP contribution in [0.4, 0.5) is 0 Å². The van der Waals surface area contributed by atoms with Gasteiger partial charge in [-0.3, -0.25) is 0 Å². The molecule has 0 atom stereocenters. The smallest absolute Gasteiger partial charge is 0.207 e. The molecule has 0 aliphatic carbocycles. The van der Waals surface area contributed by atoms with E-state index in [2.05, 4.69) is 4.72 Å². The lowest BCUT2D eigenvalue weighted by molar-refractivity contribution is 0.581. The highest BCUT2D eigenvalue weighted by molar-refractivity contribution is 7.89. The lowest BCUT2D eigenvalue weighted by atomic mass is 10.1. The highest BCUT2D eigenvalue weighted by Gasteiger charge is 2.13. The monoisotopic (exact) mass is 329 g/mol. The molecule has 0 radical (unpaired) electrons. The number of hydrogen-bond donors (Lipinski definition) is 1. The van der Waals surface area contributed by atoms with Gasteiger partial charge in [-0.2, -0.15) is 0 Å². The summed E-state index contributed by atoms with van der Waals surface area (Å²) in [6, 6.07) is 13.5. The maximum Gasteiger partial charge on any atom is 0.240 e. The van der Waals surface area contributed by atoms with Crippen molar-refractivity contribution in [1.29, 1.82) is 0 Å². The van der Waals surface area contributed by atoms with Gasteiger partial charge in [-0.05, 0) is 35.4 Å². The maximum atomic E-state index is 12.1. The summed E-state index contributed by atoms with van der Waals surface area (Å²) in [7, 11) is -3.54. The van der Waals surface area contributed by atoms with Crippen molar-refractivity contribution in [3.05, 3.63) is 64.7 Å². The zero-order valence-electron chi connectivity index (χ0n) is 10.5. The lowest BCUT2D eigenvalue weighted by Gasteiger charge is -2.08. The molecule has 0 unspecified atom stereocenters. The van der Waals surface area contributed by atoms with Gasteiger partial charge in [0.2, 0.25) is 10.0 Å². The average Bonchev–Trinajstić information content (AvgIpc) is 2.46. The number of benzene rings is 2. The van der Waals surface area contributed by atoms with Gasteiger partial charge in [0.15, 0.2) is 0 Å². The molecule has 0 aliphatic heterocycles. The molecule has 0 saturated heterocycles. The topological polar surface area (TPSA) is 46.2 Å². The summed E-state index contributed by atoms with van der Waals surface area (Å²) in [6.07, 6.45) is 0. The maximum absolute atomic E-state index is 12.1. The molecular weight excluding hydrogens is 317 g/mol. The second kappa shape index (κ2) is 6.59. The van der Waals surface area contributed by atoms with Crippen molar-refractivity contribution in [3.8, 4) is 0 Å². The minimum Gasteiger partial charge on any atom is -0.207 e. The number of nitrogens with one attached hydrogen (secondary N) is 1. The standard InChI is InChI=1S/C14H13Cl2NO2S/c15-9-11-2-1-3-12(8-11)10-17-20(18,19)14-6-4-13(16)5-7-14/h1-8,17H,9-10H2. The van der Waals surface area contributed by atoms with Crippen LogP contribution < -0.4 is 4.72 Å². The molecule has 0 saturated carbocycles. The third-order valence-corrected chi connectivity index (χ3v) is 4.71. The summed E-state index contributed by atoms with van der Waals surface area (Å²) in [6.45, 7) is 0.218. The molecule has 0 bridgehead atoms. The van der Waals surface area contributed by atoms with E-state index in [4.69, 9.17) is 23.2 Å². The van der Waals surface area contributed by atoms with Crippen molar-refractivity contribution in [1.82, 2.24) is 4.72 Å². The molecule has 0 fully saturated rings. The fourth-order valence-electron chi connectivity index (χ4n) is 1.70. The molecule has 0 amide bonds. The molecule has 106 valence electrons. The van der Waals surface area contributed by atoms with E-state index in [0.29, 0.717) is 10.9 Å². The Hall–Kier alpha value is -1.07. The fraction of sp³-hybridized carbons (Fsp3) is 0.143. The fourth-order valence-corrected chi connectivity index (χ4v) is 3.01. The van der Waals surface area contributed by atoms with E-state index in [-0.39, 0.29) is 11.4 Å². The summed E-state index contributed by atoms with van der Waals surface area (Å²) in [4.78, 5) is 0.190. The van der Waals surface area contributed by atoms with Crippen LogP contribution in [0.3, 0.4) is 0 Å². The normalized spacial score (nSPS) is 11.5. The number of sulfonamides is 1. The number of alkyl halides is 1. The Morgan fingerprint density at radius 2 is 1.65 bits per heavy atom. The first kappa shape index (κ1) is 15.3. The van der Waals surface area contributed by atoms with Crippen LogP contribution >= 0.6 is 23.2 Å². The number of rotatable bonds is 5. The summed E-state index contributed by atoms with van der Waals surface area (Å²) < 4.78 is 26.7. The van der Waals surface area contributed by atoms with Crippen LogP contribution in [0, 0.1) is 0 Å². The van der Waals surface area contributed by atoms with Crippen LogP contribution in [-0.2, 0) is 22.4 Å². The predicted molar refractivity (Wildman–Crippen MR) is 81.5 cm³/mol. The molecule has 2 aromatic rings. The molecule has 0 aromatic heterocycles. The molecule has 6 heteroatoms. The van der Waals surface area contributed by atoms with Crippen LogP contribution in [0.25, 0.3) is 0 Å². The van der Waals surface area contributed by atoms with Crippen LogP contribution in [0.5, 0.6) is 0 Å². The summed E-state index contributed by atoms with van der Waals surface area (Å²) in [5.41, 5.74) is 1.82. The number of halogens is 2. The highest BCUT2D eigenvalue weighted by Crippen LogP contribution is 2.14. The largest absolute Gasteiger partial charge is 0.240 e. The Labute approximate surface area is 128 Å². The predicted octanol–water partition coefficient (Wildman–Crippen LogP) is 3.56. The third-order valence-electron chi connectivity index (χ3n) is 2.74. The molecule has 20 heavy (non-hydrogen) atoms. The van der Waals surface area contributed by atoms with Gasteiger partial charge in [-0.25, -0.2) is 13.1 Å². The van der Waals surface area contributed by atoms with Crippen LogP contribution in [0.1, 0.15) is 11.1 Å². The molecule has 3 nitrogen and oxygen atoms in total. The molecule has 0 heterocycles. The summed E-state index contributed by atoms with van der Waals surface area (Å²) in [5.74, 6) is 0.401. The van der Waals surface area contributed by atoms with Crippen LogP contribution in [-0.4, -0.2) is 8.42 Å². The zero-order valence-corrected chi connectivity index (χ0v) is 12.8. The van der Waals surface area contributed by atoms with E-state index < -0.39 is 10.0 Å². The van der Waals surface area contributed by atoms with Crippen molar-refractivity contribution in [2.24, 2.45) is 0 Å². The molecule has 2 aromatic carbocycles. The molecule has 2 rings (SSSR count). The Bertz CT molecular complexity index is 685. The number of hydrogen-bond acceptors (Lipinski definition) is 2. The molecular formula is C14H13Cl2NO2S. The molecule has 0 spiro atoms. The Morgan fingerprint density at radius 1 is 1.00 bits per heavy atom. The average molecular weight is 330 g/mol. The minimum absolute atomic E-state index is 0.190. The van der Waals surface area contributed by atoms with Crippen LogP contribution in [0.2, 0.25) is 5.02 Å². The van der Waals surface area contributed by atoms with E-state index in [1.165, 1.54) is 12.1 Å². The Morgan fingerprint density at radius 3 is 2.30 bits per heavy atom. The molecule has 0 aliphatic rings. The third kappa shape index (κ3) is 3.96. The van der Waals surface area contributed by atoms with Crippen LogP contribution in [0.15, 0.2) is 53.4 Å². The second-order valence-corrected chi connectivity index (χ2v) is 6.70. The summed E-state index contributed by atoms with van der Waals surface area (Å²) in [5, 5.41) is 0.499. The van der Waals surface area contributed by atoms with Crippen molar-refractivity contribution < 1.29 is 8.42 Å². The van der Waals surface area contributed by atoms with Crippen molar-refractivity contribution in [2.75, 3.05) is 0 Å². The summed E-state index contributed by atoms with van der Waals surface area (Å²) >= 11 is 11.5. The molecule has 1 N–H and O–H groups in total. The highest BCUT2D eigenvalue weighted by atomic mass is 35.5. The van der Waals surface area contributed by atoms with E-state index in [9.17, 15) is 8.42 Å². The van der Waals surface area contributed by atoms with E-state index in [0.717, 1.165) is 11.1 Å². The first-order chi connectivity index (χ1) is 9.51. The second-order valence-electron chi connectivity index (χ2n) is 4.23. The van der Waals surface area contributed by atoms with Gasteiger partial charge >= 0.3 is 0 Å². The zero-order chi connectivity index (χ0) is 14.6. The van der Waals surface area contributed by atoms with Gasteiger partial charge in [-0.1, -0.05) is 35.9 Å². The van der Waals surface area contributed by atoms with Gasteiger partial charge in [-0.15, -0.1) is 11.6 Å². The van der Waals surface area contributed by atoms with Gasteiger partial charge < -0.3 is 0 Å².